The van der Waals surface area contributed by atoms with Crippen LogP contribution in [0.4, 0.5) is 5.69 Å². The summed E-state index contributed by atoms with van der Waals surface area (Å²) in [6, 6.07) is 5.23. The van der Waals surface area contributed by atoms with E-state index in [4.69, 9.17) is 14.6 Å². The molecule has 0 radical (unpaired) electrons. The molecule has 0 atom stereocenters. The predicted octanol–water partition coefficient (Wildman–Crippen LogP) is 1.63. The molecule has 1 fully saturated rings. The number of rotatable bonds is 5. The number of carboxylic acid groups (broad SMARTS) is 1. The Morgan fingerprint density at radius 1 is 1.25 bits per heavy atom. The van der Waals surface area contributed by atoms with Crippen LogP contribution in [0.5, 0.6) is 11.5 Å². The van der Waals surface area contributed by atoms with E-state index in [0.717, 1.165) is 12.8 Å². The standard InChI is InChI=1S/C14H15NO5/c16-13(17)5-6-15(14(18)9-1-2-9)10-3-4-11-12(7-10)20-8-19-11/h3-4,7,9H,1-2,5-6,8H2,(H,16,17). The fourth-order valence-corrected chi connectivity index (χ4v) is 2.18. The SMILES string of the molecule is O=C(O)CCN(C(=O)C1CC1)c1ccc2c(c1)OCO2. The first-order chi connectivity index (χ1) is 9.65. The molecular formula is C14H15NO5. The van der Waals surface area contributed by atoms with E-state index in [2.05, 4.69) is 0 Å². The van der Waals surface area contributed by atoms with Crippen LogP contribution in [0, 0.1) is 5.92 Å². The van der Waals surface area contributed by atoms with Crippen molar-refractivity contribution in [1.29, 1.82) is 0 Å². The monoisotopic (exact) mass is 277 g/mol. The van der Waals surface area contributed by atoms with E-state index in [1.54, 1.807) is 18.2 Å². The first kappa shape index (κ1) is 12.8. The Hall–Kier alpha value is -2.24. The third-order valence-corrected chi connectivity index (χ3v) is 3.41. The summed E-state index contributed by atoms with van der Waals surface area (Å²) >= 11 is 0. The van der Waals surface area contributed by atoms with Crippen LogP contribution in [0.2, 0.25) is 0 Å². The Morgan fingerprint density at radius 2 is 2.00 bits per heavy atom. The maximum absolute atomic E-state index is 12.3. The van der Waals surface area contributed by atoms with Gasteiger partial charge in [-0.05, 0) is 25.0 Å². The van der Waals surface area contributed by atoms with Gasteiger partial charge in [0, 0.05) is 24.2 Å². The molecule has 1 saturated carbocycles. The number of benzene rings is 1. The lowest BCUT2D eigenvalue weighted by molar-refractivity contribution is -0.136. The van der Waals surface area contributed by atoms with Crippen LogP contribution in [0.1, 0.15) is 19.3 Å². The number of carbonyl (C=O) groups excluding carboxylic acids is 1. The molecular weight excluding hydrogens is 262 g/mol. The van der Waals surface area contributed by atoms with Crippen LogP contribution in [0.15, 0.2) is 18.2 Å². The smallest absolute Gasteiger partial charge is 0.305 e. The third-order valence-electron chi connectivity index (χ3n) is 3.41. The normalized spacial score (nSPS) is 16.0. The highest BCUT2D eigenvalue weighted by atomic mass is 16.7. The van der Waals surface area contributed by atoms with Gasteiger partial charge in [0.1, 0.15) is 0 Å². The Labute approximate surface area is 115 Å². The summed E-state index contributed by atoms with van der Waals surface area (Å²) in [6.45, 7) is 0.342. The number of ether oxygens (including phenoxy) is 2. The molecule has 1 aliphatic carbocycles. The molecule has 6 nitrogen and oxygen atoms in total. The number of carbonyl (C=O) groups is 2. The number of amides is 1. The first-order valence-corrected chi connectivity index (χ1v) is 6.58. The number of nitrogens with zero attached hydrogens (tertiary/aromatic N) is 1. The summed E-state index contributed by atoms with van der Waals surface area (Å²) in [5, 5.41) is 8.82. The lowest BCUT2D eigenvalue weighted by atomic mass is 10.2. The van der Waals surface area contributed by atoms with Crippen molar-refractivity contribution in [2.75, 3.05) is 18.2 Å². The van der Waals surface area contributed by atoms with Crippen LogP contribution < -0.4 is 14.4 Å². The van der Waals surface area contributed by atoms with Gasteiger partial charge in [0.25, 0.3) is 0 Å². The van der Waals surface area contributed by atoms with Gasteiger partial charge < -0.3 is 19.5 Å². The summed E-state index contributed by atoms with van der Waals surface area (Å²) in [5.41, 5.74) is 0.660. The molecule has 1 aromatic rings. The van der Waals surface area contributed by atoms with E-state index in [1.165, 1.54) is 4.90 Å². The largest absolute Gasteiger partial charge is 0.481 e. The molecule has 1 amide bonds. The molecule has 0 saturated heterocycles. The average molecular weight is 277 g/mol. The summed E-state index contributed by atoms with van der Waals surface area (Å²) < 4.78 is 10.5. The molecule has 6 heteroatoms. The maximum Gasteiger partial charge on any atom is 0.305 e. The fourth-order valence-electron chi connectivity index (χ4n) is 2.18. The van der Waals surface area contributed by atoms with Crippen LogP contribution in [0.3, 0.4) is 0 Å². The van der Waals surface area contributed by atoms with Crippen molar-refractivity contribution in [1.82, 2.24) is 0 Å². The van der Waals surface area contributed by atoms with Crippen molar-refractivity contribution >= 4 is 17.6 Å². The van der Waals surface area contributed by atoms with Crippen molar-refractivity contribution in [3.8, 4) is 11.5 Å². The van der Waals surface area contributed by atoms with Gasteiger partial charge in [-0.3, -0.25) is 9.59 Å². The zero-order chi connectivity index (χ0) is 14.1. The molecule has 0 aromatic heterocycles. The average Bonchev–Trinajstić information content (AvgIpc) is 3.17. The first-order valence-electron chi connectivity index (χ1n) is 6.58. The van der Waals surface area contributed by atoms with Gasteiger partial charge in [-0.25, -0.2) is 0 Å². The van der Waals surface area contributed by atoms with Crippen molar-refractivity contribution < 1.29 is 24.2 Å². The molecule has 20 heavy (non-hydrogen) atoms. The molecule has 0 unspecified atom stereocenters. The van der Waals surface area contributed by atoms with Gasteiger partial charge >= 0.3 is 5.97 Å². The van der Waals surface area contributed by atoms with E-state index in [9.17, 15) is 9.59 Å². The molecule has 3 rings (SSSR count). The second-order valence-corrected chi connectivity index (χ2v) is 4.95. The number of hydrogen-bond donors (Lipinski definition) is 1. The van der Waals surface area contributed by atoms with Gasteiger partial charge in [-0.1, -0.05) is 0 Å². The van der Waals surface area contributed by atoms with Gasteiger partial charge in [-0.2, -0.15) is 0 Å². The molecule has 2 aliphatic rings. The molecule has 0 spiro atoms. The van der Waals surface area contributed by atoms with Crippen LogP contribution in [-0.4, -0.2) is 30.3 Å². The fraction of sp³-hybridized carbons (Fsp3) is 0.429. The molecule has 1 N–H and O–H groups in total. The van der Waals surface area contributed by atoms with E-state index < -0.39 is 5.97 Å². The van der Waals surface area contributed by atoms with E-state index >= 15 is 0 Å². The molecule has 0 bridgehead atoms. The third kappa shape index (κ3) is 2.54. The van der Waals surface area contributed by atoms with Crippen molar-refractivity contribution in [2.24, 2.45) is 5.92 Å². The van der Waals surface area contributed by atoms with Gasteiger partial charge in [0.15, 0.2) is 11.5 Å². The van der Waals surface area contributed by atoms with Gasteiger partial charge in [0.2, 0.25) is 12.7 Å². The summed E-state index contributed by atoms with van der Waals surface area (Å²) in [6.07, 6.45) is 1.69. The van der Waals surface area contributed by atoms with Crippen molar-refractivity contribution in [3.63, 3.8) is 0 Å². The number of fused-ring (bicyclic) bond motifs is 1. The van der Waals surface area contributed by atoms with Gasteiger partial charge in [-0.15, -0.1) is 0 Å². The predicted molar refractivity (Wildman–Crippen MR) is 69.9 cm³/mol. The number of anilines is 1. The number of aliphatic carboxylic acids is 1. The Kier molecular flexibility index (Phi) is 3.22. The highest BCUT2D eigenvalue weighted by Gasteiger charge is 2.34. The quantitative estimate of drug-likeness (QED) is 0.885. The maximum atomic E-state index is 12.3. The summed E-state index contributed by atoms with van der Waals surface area (Å²) in [7, 11) is 0. The van der Waals surface area contributed by atoms with Crippen molar-refractivity contribution in [2.45, 2.75) is 19.3 Å². The second kappa shape index (κ2) is 5.03. The number of hydrogen-bond acceptors (Lipinski definition) is 4. The highest BCUT2D eigenvalue weighted by Crippen LogP contribution is 2.38. The van der Waals surface area contributed by atoms with E-state index in [-0.39, 0.29) is 31.6 Å². The van der Waals surface area contributed by atoms with Crippen molar-refractivity contribution in [3.05, 3.63) is 18.2 Å². The number of carboxylic acids is 1. The summed E-state index contributed by atoms with van der Waals surface area (Å²) in [4.78, 5) is 24.6. The lowest BCUT2D eigenvalue weighted by Gasteiger charge is -2.22. The zero-order valence-corrected chi connectivity index (χ0v) is 10.9. The minimum absolute atomic E-state index is 0.00915. The lowest BCUT2D eigenvalue weighted by Crippen LogP contribution is -2.34. The van der Waals surface area contributed by atoms with Crippen LogP contribution >= 0.6 is 0 Å². The van der Waals surface area contributed by atoms with Crippen LogP contribution in [0.25, 0.3) is 0 Å². The van der Waals surface area contributed by atoms with Crippen LogP contribution in [-0.2, 0) is 9.59 Å². The summed E-state index contributed by atoms with van der Waals surface area (Å²) in [5.74, 6) is 0.343. The Morgan fingerprint density at radius 3 is 2.70 bits per heavy atom. The Balaban J connectivity index is 1.83. The van der Waals surface area contributed by atoms with E-state index in [1.807, 2.05) is 0 Å². The van der Waals surface area contributed by atoms with Gasteiger partial charge in [0.05, 0.1) is 6.42 Å². The molecule has 1 aliphatic heterocycles. The topological polar surface area (TPSA) is 76.1 Å². The van der Waals surface area contributed by atoms with E-state index in [0.29, 0.717) is 17.2 Å². The minimum Gasteiger partial charge on any atom is -0.481 e. The molecule has 106 valence electrons. The Bertz CT molecular complexity index is 552. The molecule has 1 heterocycles. The minimum atomic E-state index is -0.917. The molecule has 1 aromatic carbocycles. The zero-order valence-electron chi connectivity index (χ0n) is 10.9. The highest BCUT2D eigenvalue weighted by molar-refractivity contribution is 5.97. The second-order valence-electron chi connectivity index (χ2n) is 4.95.